The first kappa shape index (κ1) is 21.3. The third kappa shape index (κ3) is 4.42. The molecule has 0 fully saturated rings. The average Bonchev–Trinajstić information content (AvgIpc) is 2.87. The molecule has 10 heteroatoms. The SMILES string of the molecule is Cc1nn(Cc2ccc(Cl)c(Cl)c2)c(C)c1NS(=O)(=O)c1cc(Cl)ccc1Cl. The van der Waals surface area contributed by atoms with E-state index in [9.17, 15) is 8.42 Å². The number of benzene rings is 2. The smallest absolute Gasteiger partial charge is 0.263 e. The molecule has 0 saturated heterocycles. The molecule has 0 aliphatic heterocycles. The summed E-state index contributed by atoms with van der Waals surface area (Å²) in [5.74, 6) is 0. The molecule has 3 rings (SSSR count). The molecule has 2 aromatic carbocycles. The Morgan fingerprint density at radius 3 is 2.32 bits per heavy atom. The van der Waals surface area contributed by atoms with E-state index < -0.39 is 10.0 Å². The van der Waals surface area contributed by atoms with Crippen molar-refractivity contribution in [3.63, 3.8) is 0 Å². The zero-order chi connectivity index (χ0) is 20.6. The topological polar surface area (TPSA) is 64.0 Å². The van der Waals surface area contributed by atoms with Crippen molar-refractivity contribution in [1.29, 1.82) is 0 Å². The van der Waals surface area contributed by atoms with Crippen LogP contribution in [-0.2, 0) is 16.6 Å². The lowest BCUT2D eigenvalue weighted by atomic mass is 10.2. The quantitative estimate of drug-likeness (QED) is 0.491. The first-order valence-corrected chi connectivity index (χ1v) is 11.0. The predicted molar refractivity (Wildman–Crippen MR) is 115 cm³/mol. The van der Waals surface area contributed by atoms with Gasteiger partial charge in [-0.05, 0) is 49.7 Å². The minimum Gasteiger partial charge on any atom is -0.276 e. The largest absolute Gasteiger partial charge is 0.276 e. The molecule has 0 spiro atoms. The maximum atomic E-state index is 12.8. The van der Waals surface area contributed by atoms with E-state index in [1.165, 1.54) is 18.2 Å². The molecule has 0 atom stereocenters. The summed E-state index contributed by atoms with van der Waals surface area (Å²) in [4.78, 5) is -0.0994. The summed E-state index contributed by atoms with van der Waals surface area (Å²) >= 11 is 24.0. The molecule has 0 amide bonds. The van der Waals surface area contributed by atoms with Crippen LogP contribution in [0.25, 0.3) is 0 Å². The number of nitrogens with zero attached hydrogens (tertiary/aromatic N) is 2. The highest BCUT2D eigenvalue weighted by atomic mass is 35.5. The molecule has 5 nitrogen and oxygen atoms in total. The van der Waals surface area contributed by atoms with E-state index in [1.807, 2.05) is 6.07 Å². The van der Waals surface area contributed by atoms with Gasteiger partial charge in [-0.2, -0.15) is 5.10 Å². The van der Waals surface area contributed by atoms with Gasteiger partial charge in [0, 0.05) is 5.02 Å². The summed E-state index contributed by atoms with van der Waals surface area (Å²) in [7, 11) is -3.94. The van der Waals surface area contributed by atoms with Crippen LogP contribution in [-0.4, -0.2) is 18.2 Å². The summed E-state index contributed by atoms with van der Waals surface area (Å²) in [5, 5.41) is 5.69. The van der Waals surface area contributed by atoms with Crippen LogP contribution < -0.4 is 4.72 Å². The van der Waals surface area contributed by atoms with Crippen molar-refractivity contribution in [2.24, 2.45) is 0 Å². The number of nitrogens with one attached hydrogen (secondary N) is 1. The lowest BCUT2D eigenvalue weighted by Gasteiger charge is -2.11. The molecule has 1 N–H and O–H groups in total. The molecule has 148 valence electrons. The van der Waals surface area contributed by atoms with Gasteiger partial charge in [0.15, 0.2) is 0 Å². The summed E-state index contributed by atoms with van der Waals surface area (Å²) in [6.45, 7) is 3.90. The fourth-order valence-electron chi connectivity index (χ4n) is 2.68. The van der Waals surface area contributed by atoms with Crippen molar-refractivity contribution >= 4 is 62.1 Å². The van der Waals surface area contributed by atoms with Gasteiger partial charge in [0.25, 0.3) is 10.0 Å². The monoisotopic (exact) mass is 477 g/mol. The van der Waals surface area contributed by atoms with Crippen molar-refractivity contribution in [3.8, 4) is 0 Å². The summed E-state index contributed by atoms with van der Waals surface area (Å²) < 4.78 is 29.9. The first-order chi connectivity index (χ1) is 13.1. The predicted octanol–water partition coefficient (Wildman–Crippen LogP) is 5.96. The zero-order valence-electron chi connectivity index (χ0n) is 14.8. The lowest BCUT2D eigenvalue weighted by Crippen LogP contribution is -2.15. The van der Waals surface area contributed by atoms with Crippen LogP contribution in [0.1, 0.15) is 17.0 Å². The average molecular weight is 479 g/mol. The number of sulfonamides is 1. The highest BCUT2D eigenvalue weighted by Crippen LogP contribution is 2.30. The van der Waals surface area contributed by atoms with Gasteiger partial charge < -0.3 is 0 Å². The Balaban J connectivity index is 1.93. The van der Waals surface area contributed by atoms with E-state index in [-0.39, 0.29) is 14.9 Å². The molecule has 0 aliphatic rings. The molecule has 0 radical (unpaired) electrons. The Morgan fingerprint density at radius 1 is 0.964 bits per heavy atom. The van der Waals surface area contributed by atoms with Crippen LogP contribution in [0.4, 0.5) is 5.69 Å². The Morgan fingerprint density at radius 2 is 1.64 bits per heavy atom. The van der Waals surface area contributed by atoms with Gasteiger partial charge in [0.1, 0.15) is 4.90 Å². The lowest BCUT2D eigenvalue weighted by molar-refractivity contribution is 0.601. The number of rotatable bonds is 5. The van der Waals surface area contributed by atoms with Crippen molar-refractivity contribution in [3.05, 3.63) is 73.4 Å². The van der Waals surface area contributed by atoms with Gasteiger partial charge in [-0.3, -0.25) is 9.40 Å². The molecule has 0 bridgehead atoms. The van der Waals surface area contributed by atoms with Crippen molar-refractivity contribution < 1.29 is 8.42 Å². The van der Waals surface area contributed by atoms with E-state index in [0.717, 1.165) is 5.56 Å². The van der Waals surface area contributed by atoms with Crippen molar-refractivity contribution in [2.45, 2.75) is 25.3 Å². The molecule has 0 aliphatic carbocycles. The maximum absolute atomic E-state index is 12.8. The fourth-order valence-corrected chi connectivity index (χ4v) is 4.94. The maximum Gasteiger partial charge on any atom is 0.263 e. The van der Waals surface area contributed by atoms with Gasteiger partial charge in [0.05, 0.1) is 38.7 Å². The molecular formula is C18H15Cl4N3O2S. The molecule has 1 heterocycles. The van der Waals surface area contributed by atoms with Gasteiger partial charge in [-0.25, -0.2) is 8.42 Å². The highest BCUT2D eigenvalue weighted by Gasteiger charge is 2.22. The summed E-state index contributed by atoms with van der Waals surface area (Å²) in [6, 6.07) is 9.55. The highest BCUT2D eigenvalue weighted by molar-refractivity contribution is 7.92. The Labute approximate surface area is 183 Å². The van der Waals surface area contributed by atoms with Gasteiger partial charge in [-0.1, -0.05) is 52.5 Å². The number of halogens is 4. The summed E-state index contributed by atoms with van der Waals surface area (Å²) in [6.07, 6.45) is 0. The minimum atomic E-state index is -3.94. The van der Waals surface area contributed by atoms with E-state index in [4.69, 9.17) is 46.4 Å². The molecule has 3 aromatic rings. The van der Waals surface area contributed by atoms with Crippen LogP contribution in [0.15, 0.2) is 41.3 Å². The second kappa shape index (κ2) is 8.13. The van der Waals surface area contributed by atoms with Crippen molar-refractivity contribution in [1.82, 2.24) is 9.78 Å². The van der Waals surface area contributed by atoms with Gasteiger partial charge in [-0.15, -0.1) is 0 Å². The van der Waals surface area contributed by atoms with Crippen molar-refractivity contribution in [2.75, 3.05) is 4.72 Å². The number of anilines is 1. The van der Waals surface area contributed by atoms with Crippen LogP contribution >= 0.6 is 46.4 Å². The number of aryl methyl sites for hydroxylation is 1. The molecule has 0 saturated carbocycles. The Bertz CT molecular complexity index is 1160. The molecule has 28 heavy (non-hydrogen) atoms. The first-order valence-electron chi connectivity index (χ1n) is 8.04. The van der Waals surface area contributed by atoms with Crippen LogP contribution in [0.5, 0.6) is 0 Å². The second-order valence-corrected chi connectivity index (χ2v) is 9.44. The van der Waals surface area contributed by atoms with Gasteiger partial charge in [0.2, 0.25) is 0 Å². The summed E-state index contributed by atoms with van der Waals surface area (Å²) in [5.41, 5.74) is 2.44. The molecule has 1 aromatic heterocycles. The Kier molecular flexibility index (Phi) is 6.17. The third-order valence-corrected chi connectivity index (χ3v) is 6.92. The zero-order valence-corrected chi connectivity index (χ0v) is 18.6. The molecule has 0 unspecified atom stereocenters. The van der Waals surface area contributed by atoms with E-state index in [2.05, 4.69) is 9.82 Å². The standard InChI is InChI=1S/C18H15Cl4N3O2S/c1-10-18(24-28(26,27)17-8-13(19)4-6-15(17)21)11(2)25(23-10)9-12-3-5-14(20)16(22)7-12/h3-8,24H,9H2,1-2H3. The van der Waals surface area contributed by atoms with E-state index in [0.29, 0.717) is 33.7 Å². The van der Waals surface area contributed by atoms with Crippen LogP contribution in [0.3, 0.4) is 0 Å². The van der Waals surface area contributed by atoms with E-state index in [1.54, 1.807) is 30.7 Å². The van der Waals surface area contributed by atoms with Gasteiger partial charge >= 0.3 is 0 Å². The fraction of sp³-hybridized carbons (Fsp3) is 0.167. The normalized spacial score (nSPS) is 11.6. The number of hydrogen-bond acceptors (Lipinski definition) is 3. The Hall–Kier alpha value is -1.44. The second-order valence-electron chi connectivity index (χ2n) is 6.13. The third-order valence-electron chi connectivity index (χ3n) is 4.12. The molecular weight excluding hydrogens is 464 g/mol. The van der Waals surface area contributed by atoms with Crippen LogP contribution in [0, 0.1) is 13.8 Å². The number of hydrogen-bond donors (Lipinski definition) is 1. The minimum absolute atomic E-state index is 0.0791. The van der Waals surface area contributed by atoms with Crippen LogP contribution in [0.2, 0.25) is 20.1 Å². The van der Waals surface area contributed by atoms with E-state index >= 15 is 0 Å². The number of aromatic nitrogens is 2.